The molecule has 27 heavy (non-hydrogen) atoms. The molecule has 1 N–H and O–H groups in total. The molecule has 1 saturated heterocycles. The predicted molar refractivity (Wildman–Crippen MR) is 96.3 cm³/mol. The Morgan fingerprint density at radius 2 is 1.70 bits per heavy atom. The van der Waals surface area contributed by atoms with Crippen molar-refractivity contribution in [2.75, 3.05) is 6.54 Å². The van der Waals surface area contributed by atoms with Crippen LogP contribution in [-0.4, -0.2) is 32.6 Å². The van der Waals surface area contributed by atoms with Crippen molar-refractivity contribution in [1.29, 1.82) is 0 Å². The molecule has 0 aliphatic carbocycles. The van der Waals surface area contributed by atoms with Crippen molar-refractivity contribution in [3.8, 4) is 0 Å². The van der Waals surface area contributed by atoms with E-state index in [0.29, 0.717) is 13.0 Å². The van der Waals surface area contributed by atoms with E-state index in [0.717, 1.165) is 5.56 Å². The van der Waals surface area contributed by atoms with Crippen LogP contribution in [0.5, 0.6) is 0 Å². The van der Waals surface area contributed by atoms with Gasteiger partial charge in [-0.05, 0) is 44.2 Å². The van der Waals surface area contributed by atoms with Crippen molar-refractivity contribution in [1.82, 2.24) is 5.32 Å². The van der Waals surface area contributed by atoms with E-state index in [-0.39, 0.29) is 16.9 Å². The molecule has 1 heterocycles. The topological polar surface area (TPSA) is 98.8 Å². The lowest BCUT2D eigenvalue weighted by Crippen LogP contribution is -2.52. The van der Waals surface area contributed by atoms with Gasteiger partial charge in [-0.15, -0.1) is 0 Å². The molecule has 0 radical (unpaired) electrons. The van der Waals surface area contributed by atoms with Gasteiger partial charge in [-0.1, -0.05) is 35.9 Å². The molecule has 1 fully saturated rings. The standard InChI is InChI=1S/C19H19NO6S/c1-14-8-10-16(11-9-14)27(23,24)26-19(12-5-13-20-19)18(22)25-17(21)15-6-3-2-4-7-15/h2-4,6-11,20H,5,12-13H2,1H3/t19-/m1/s1. The Bertz CT molecular complexity index is 932. The van der Waals surface area contributed by atoms with E-state index < -0.39 is 27.8 Å². The Balaban J connectivity index is 1.82. The molecule has 2 aromatic rings. The highest BCUT2D eigenvalue weighted by atomic mass is 32.2. The van der Waals surface area contributed by atoms with Crippen molar-refractivity contribution in [2.24, 2.45) is 0 Å². The zero-order valence-electron chi connectivity index (χ0n) is 14.7. The van der Waals surface area contributed by atoms with Gasteiger partial charge in [0.05, 0.1) is 10.5 Å². The molecule has 0 amide bonds. The van der Waals surface area contributed by atoms with Crippen LogP contribution >= 0.6 is 0 Å². The average Bonchev–Trinajstić information content (AvgIpc) is 3.12. The number of ether oxygens (including phenoxy) is 1. The van der Waals surface area contributed by atoms with E-state index >= 15 is 0 Å². The molecule has 0 bridgehead atoms. The highest BCUT2D eigenvalue weighted by Gasteiger charge is 2.49. The molecule has 1 aliphatic heterocycles. The minimum Gasteiger partial charge on any atom is -0.386 e. The second-order valence-electron chi connectivity index (χ2n) is 6.25. The van der Waals surface area contributed by atoms with Gasteiger partial charge in [0.1, 0.15) is 0 Å². The van der Waals surface area contributed by atoms with Gasteiger partial charge in [0, 0.05) is 6.42 Å². The van der Waals surface area contributed by atoms with Crippen molar-refractivity contribution in [2.45, 2.75) is 30.4 Å². The number of hydrogen-bond acceptors (Lipinski definition) is 7. The van der Waals surface area contributed by atoms with Gasteiger partial charge in [-0.3, -0.25) is 5.32 Å². The second kappa shape index (κ2) is 7.59. The van der Waals surface area contributed by atoms with E-state index in [9.17, 15) is 18.0 Å². The summed E-state index contributed by atoms with van der Waals surface area (Å²) < 4.78 is 35.4. The Kier molecular flexibility index (Phi) is 5.41. The molecule has 3 rings (SSSR count). The lowest BCUT2D eigenvalue weighted by atomic mass is 10.1. The van der Waals surface area contributed by atoms with E-state index in [1.54, 1.807) is 30.3 Å². The third-order valence-electron chi connectivity index (χ3n) is 4.20. The summed E-state index contributed by atoms with van der Waals surface area (Å²) in [5.74, 6) is -1.95. The highest BCUT2D eigenvalue weighted by Crippen LogP contribution is 2.28. The Labute approximate surface area is 157 Å². The maximum atomic E-state index is 12.6. The minimum atomic E-state index is -4.24. The molecular formula is C19H19NO6S. The Morgan fingerprint density at radius 1 is 1.04 bits per heavy atom. The first-order valence-corrected chi connectivity index (χ1v) is 9.82. The quantitative estimate of drug-likeness (QED) is 0.475. The Hall–Kier alpha value is -2.55. The average molecular weight is 389 g/mol. The van der Waals surface area contributed by atoms with E-state index in [4.69, 9.17) is 8.92 Å². The van der Waals surface area contributed by atoms with Crippen LogP contribution in [0.1, 0.15) is 28.8 Å². The summed E-state index contributed by atoms with van der Waals surface area (Å²) in [5, 5.41) is 2.74. The summed E-state index contributed by atoms with van der Waals surface area (Å²) in [7, 11) is -4.24. The number of benzene rings is 2. The van der Waals surface area contributed by atoms with Crippen LogP contribution in [0.3, 0.4) is 0 Å². The molecule has 7 nitrogen and oxygen atoms in total. The molecule has 0 spiro atoms. The molecular weight excluding hydrogens is 370 g/mol. The molecule has 2 aromatic carbocycles. The third kappa shape index (κ3) is 4.24. The molecule has 0 unspecified atom stereocenters. The van der Waals surface area contributed by atoms with Gasteiger partial charge >= 0.3 is 11.9 Å². The number of carbonyl (C=O) groups is 2. The minimum absolute atomic E-state index is 0.0684. The second-order valence-corrected chi connectivity index (χ2v) is 7.80. The van der Waals surface area contributed by atoms with E-state index in [2.05, 4.69) is 5.32 Å². The van der Waals surface area contributed by atoms with Gasteiger partial charge in [-0.2, -0.15) is 8.42 Å². The number of esters is 2. The van der Waals surface area contributed by atoms with E-state index in [1.165, 1.54) is 24.3 Å². The predicted octanol–water partition coefficient (Wildman–Crippen LogP) is 2.16. The largest absolute Gasteiger partial charge is 0.386 e. The van der Waals surface area contributed by atoms with Crippen LogP contribution in [-0.2, 0) is 23.8 Å². The number of hydrogen-bond donors (Lipinski definition) is 1. The normalized spacial score (nSPS) is 19.6. The first kappa shape index (κ1) is 19.2. The summed E-state index contributed by atoms with van der Waals surface area (Å²) >= 11 is 0. The number of carbonyl (C=O) groups excluding carboxylic acids is 2. The lowest BCUT2D eigenvalue weighted by molar-refractivity contribution is -0.157. The van der Waals surface area contributed by atoms with E-state index in [1.807, 2.05) is 6.92 Å². The first-order chi connectivity index (χ1) is 12.8. The van der Waals surface area contributed by atoms with Crippen LogP contribution in [0.25, 0.3) is 0 Å². The third-order valence-corrected chi connectivity index (χ3v) is 5.56. The fourth-order valence-corrected chi connectivity index (χ4v) is 3.89. The molecule has 142 valence electrons. The molecule has 8 heteroatoms. The van der Waals surface area contributed by atoms with Gasteiger partial charge < -0.3 is 4.74 Å². The molecule has 1 atom stereocenters. The number of nitrogens with one attached hydrogen (secondary N) is 1. The molecule has 1 aliphatic rings. The van der Waals surface area contributed by atoms with Gasteiger partial charge in [0.25, 0.3) is 10.1 Å². The smallest absolute Gasteiger partial charge is 0.363 e. The maximum Gasteiger partial charge on any atom is 0.363 e. The fourth-order valence-electron chi connectivity index (χ4n) is 2.74. The Morgan fingerprint density at radius 3 is 2.30 bits per heavy atom. The van der Waals surface area contributed by atoms with Crippen molar-refractivity contribution < 1.29 is 26.9 Å². The summed E-state index contributed by atoms with van der Waals surface area (Å²) in [5.41, 5.74) is -0.857. The molecule has 0 saturated carbocycles. The van der Waals surface area contributed by atoms with Gasteiger partial charge in [-0.25, -0.2) is 13.8 Å². The van der Waals surface area contributed by atoms with Crippen LogP contribution in [0.15, 0.2) is 59.5 Å². The van der Waals surface area contributed by atoms with Crippen LogP contribution in [0.4, 0.5) is 0 Å². The van der Waals surface area contributed by atoms with Gasteiger partial charge in [0.15, 0.2) is 0 Å². The summed E-state index contributed by atoms with van der Waals surface area (Å²) in [4.78, 5) is 24.7. The van der Waals surface area contributed by atoms with Crippen LogP contribution in [0.2, 0.25) is 0 Å². The van der Waals surface area contributed by atoms with Crippen molar-refractivity contribution in [3.63, 3.8) is 0 Å². The monoisotopic (exact) mass is 389 g/mol. The highest BCUT2D eigenvalue weighted by molar-refractivity contribution is 7.86. The van der Waals surface area contributed by atoms with Gasteiger partial charge in [0.2, 0.25) is 5.72 Å². The zero-order valence-corrected chi connectivity index (χ0v) is 15.5. The SMILES string of the molecule is Cc1ccc(S(=O)(=O)O[C@@]2(C(=O)OC(=O)c3ccccc3)CCCN2)cc1. The maximum absolute atomic E-state index is 12.6. The summed E-state index contributed by atoms with van der Waals surface area (Å²) in [6, 6.07) is 14.0. The zero-order chi connectivity index (χ0) is 19.5. The number of rotatable bonds is 5. The van der Waals surface area contributed by atoms with Crippen LogP contribution in [0, 0.1) is 6.92 Å². The summed E-state index contributed by atoms with van der Waals surface area (Å²) in [6.45, 7) is 2.18. The fraction of sp³-hybridized carbons (Fsp3) is 0.263. The lowest BCUT2D eigenvalue weighted by Gasteiger charge is -2.25. The van der Waals surface area contributed by atoms with Crippen LogP contribution < -0.4 is 5.32 Å². The molecule has 0 aromatic heterocycles. The van der Waals surface area contributed by atoms with Crippen molar-refractivity contribution >= 4 is 22.1 Å². The van der Waals surface area contributed by atoms with Crippen molar-refractivity contribution in [3.05, 3.63) is 65.7 Å². The summed E-state index contributed by atoms with van der Waals surface area (Å²) in [6.07, 6.45) is 0.567. The first-order valence-electron chi connectivity index (χ1n) is 8.41. The number of aryl methyl sites for hydroxylation is 1.